The molecule has 22 heavy (non-hydrogen) atoms. The number of hydrogen-bond acceptors (Lipinski definition) is 4. The van der Waals surface area contributed by atoms with Gasteiger partial charge in [0.25, 0.3) is 0 Å². The molecule has 0 unspecified atom stereocenters. The highest BCUT2D eigenvalue weighted by atomic mass is 16.3. The molecule has 0 radical (unpaired) electrons. The normalized spacial score (nSPS) is 11.2. The molecule has 0 spiro atoms. The Bertz CT molecular complexity index is 947. The van der Waals surface area contributed by atoms with E-state index in [4.69, 9.17) is 4.42 Å². The second kappa shape index (κ2) is 4.80. The zero-order valence-electron chi connectivity index (χ0n) is 12.3. The third-order valence-electron chi connectivity index (χ3n) is 3.74. The van der Waals surface area contributed by atoms with Crippen molar-refractivity contribution in [1.29, 1.82) is 0 Å². The van der Waals surface area contributed by atoms with Gasteiger partial charge in [0, 0.05) is 12.4 Å². The molecule has 0 aliphatic carbocycles. The van der Waals surface area contributed by atoms with Gasteiger partial charge in [-0.05, 0) is 37.1 Å². The van der Waals surface area contributed by atoms with Gasteiger partial charge in [-0.25, -0.2) is 9.97 Å². The van der Waals surface area contributed by atoms with E-state index in [1.54, 1.807) is 6.20 Å². The van der Waals surface area contributed by atoms with Gasteiger partial charge in [-0.15, -0.1) is 0 Å². The fraction of sp³-hybridized carbons (Fsp3) is 0.118. The Balaban J connectivity index is 1.93. The van der Waals surface area contributed by atoms with Gasteiger partial charge in [-0.1, -0.05) is 18.2 Å². The van der Waals surface area contributed by atoms with Crippen LogP contribution in [-0.2, 0) is 0 Å². The fourth-order valence-corrected chi connectivity index (χ4v) is 2.74. The predicted octanol–water partition coefficient (Wildman–Crippen LogP) is 3.69. The van der Waals surface area contributed by atoms with Crippen LogP contribution < -0.4 is 0 Å². The standard InChI is InChI=1S/C17H14N4O/c1-11-4-3-5-12(2)15(11)21-9-8-18-17(21)13-6-7-14-16(20-13)19-10-22-14/h3-10H,1-2H3. The Kier molecular flexibility index (Phi) is 2.79. The van der Waals surface area contributed by atoms with Crippen molar-refractivity contribution in [2.45, 2.75) is 13.8 Å². The Morgan fingerprint density at radius 2 is 1.82 bits per heavy atom. The summed E-state index contributed by atoms with van der Waals surface area (Å²) in [5.41, 5.74) is 5.57. The lowest BCUT2D eigenvalue weighted by Gasteiger charge is -2.13. The fourth-order valence-electron chi connectivity index (χ4n) is 2.74. The van der Waals surface area contributed by atoms with E-state index in [1.807, 2.05) is 18.3 Å². The number of nitrogens with zero attached hydrogens (tertiary/aromatic N) is 4. The van der Waals surface area contributed by atoms with Crippen LogP contribution in [0.25, 0.3) is 28.4 Å². The summed E-state index contributed by atoms with van der Waals surface area (Å²) in [5.74, 6) is 0.794. The molecule has 108 valence electrons. The van der Waals surface area contributed by atoms with Crippen LogP contribution in [0.5, 0.6) is 0 Å². The van der Waals surface area contributed by atoms with Crippen molar-refractivity contribution in [3.63, 3.8) is 0 Å². The van der Waals surface area contributed by atoms with Crippen LogP contribution in [0.1, 0.15) is 11.1 Å². The second-order valence-electron chi connectivity index (χ2n) is 5.23. The zero-order chi connectivity index (χ0) is 15.1. The van der Waals surface area contributed by atoms with Crippen molar-refractivity contribution >= 4 is 11.2 Å². The molecule has 5 nitrogen and oxygen atoms in total. The summed E-state index contributed by atoms with van der Waals surface area (Å²) in [4.78, 5) is 13.1. The molecule has 0 aliphatic rings. The largest absolute Gasteiger partial charge is 0.442 e. The van der Waals surface area contributed by atoms with Crippen molar-refractivity contribution < 1.29 is 4.42 Å². The summed E-state index contributed by atoms with van der Waals surface area (Å²) in [6, 6.07) is 10.0. The second-order valence-corrected chi connectivity index (χ2v) is 5.23. The molecule has 0 saturated carbocycles. The Hall–Kier alpha value is -2.95. The Morgan fingerprint density at radius 1 is 1.00 bits per heavy atom. The number of hydrogen-bond donors (Lipinski definition) is 0. The molecule has 0 atom stereocenters. The third-order valence-corrected chi connectivity index (χ3v) is 3.74. The van der Waals surface area contributed by atoms with E-state index in [-0.39, 0.29) is 0 Å². The molecule has 4 rings (SSSR count). The maximum Gasteiger partial charge on any atom is 0.199 e. The van der Waals surface area contributed by atoms with Crippen molar-refractivity contribution in [2.24, 2.45) is 0 Å². The van der Waals surface area contributed by atoms with Crippen molar-refractivity contribution in [3.05, 3.63) is 60.2 Å². The number of rotatable bonds is 2. The summed E-state index contributed by atoms with van der Waals surface area (Å²) in [6.07, 6.45) is 5.15. The number of pyridine rings is 1. The summed E-state index contributed by atoms with van der Waals surface area (Å²) < 4.78 is 7.31. The molecule has 5 heteroatoms. The minimum absolute atomic E-state index is 0.591. The number of benzene rings is 1. The van der Waals surface area contributed by atoms with Crippen LogP contribution in [-0.4, -0.2) is 19.5 Å². The molecular weight excluding hydrogens is 276 g/mol. The Labute approximate surface area is 127 Å². The number of imidazole rings is 1. The molecule has 3 heterocycles. The van der Waals surface area contributed by atoms with Gasteiger partial charge in [-0.3, -0.25) is 4.57 Å². The lowest BCUT2D eigenvalue weighted by molar-refractivity contribution is 0.602. The summed E-state index contributed by atoms with van der Waals surface area (Å²) in [7, 11) is 0. The topological polar surface area (TPSA) is 56.7 Å². The van der Waals surface area contributed by atoms with E-state index in [0.717, 1.165) is 17.2 Å². The smallest absolute Gasteiger partial charge is 0.199 e. The first-order valence-electron chi connectivity index (χ1n) is 7.04. The Morgan fingerprint density at radius 3 is 2.64 bits per heavy atom. The zero-order valence-corrected chi connectivity index (χ0v) is 12.3. The van der Waals surface area contributed by atoms with Gasteiger partial charge in [0.05, 0.1) is 5.69 Å². The van der Waals surface area contributed by atoms with Crippen molar-refractivity contribution in [2.75, 3.05) is 0 Å². The van der Waals surface area contributed by atoms with Gasteiger partial charge >= 0.3 is 0 Å². The van der Waals surface area contributed by atoms with Gasteiger partial charge in [0.2, 0.25) is 0 Å². The highest BCUT2D eigenvalue weighted by Gasteiger charge is 2.13. The van der Waals surface area contributed by atoms with Crippen LogP contribution in [0.2, 0.25) is 0 Å². The molecular formula is C17H14N4O. The highest BCUT2D eigenvalue weighted by molar-refractivity contribution is 5.71. The minimum atomic E-state index is 0.591. The summed E-state index contributed by atoms with van der Waals surface area (Å²) >= 11 is 0. The maximum atomic E-state index is 5.24. The number of oxazole rings is 1. The van der Waals surface area contributed by atoms with Crippen molar-refractivity contribution in [1.82, 2.24) is 19.5 Å². The molecule has 0 bridgehead atoms. The first-order chi connectivity index (χ1) is 10.7. The predicted molar refractivity (Wildman–Crippen MR) is 83.8 cm³/mol. The first kappa shape index (κ1) is 12.8. The van der Waals surface area contributed by atoms with Crippen LogP contribution in [0.3, 0.4) is 0 Å². The van der Waals surface area contributed by atoms with Crippen LogP contribution in [0, 0.1) is 13.8 Å². The summed E-state index contributed by atoms with van der Waals surface area (Å²) in [5, 5.41) is 0. The first-order valence-corrected chi connectivity index (χ1v) is 7.04. The molecule has 0 fully saturated rings. The minimum Gasteiger partial charge on any atom is -0.442 e. The van der Waals surface area contributed by atoms with Gasteiger partial charge in [0.15, 0.2) is 23.4 Å². The van der Waals surface area contributed by atoms with Crippen LogP contribution in [0.15, 0.2) is 53.5 Å². The molecule has 0 saturated heterocycles. The molecule has 0 amide bonds. The quantitative estimate of drug-likeness (QED) is 0.565. The SMILES string of the molecule is Cc1cccc(C)c1-n1ccnc1-c1ccc2ocnc2n1. The van der Waals surface area contributed by atoms with E-state index in [9.17, 15) is 0 Å². The molecule has 1 aromatic carbocycles. The number of fused-ring (bicyclic) bond motifs is 1. The van der Waals surface area contributed by atoms with Gasteiger partial charge in [-0.2, -0.15) is 4.98 Å². The van der Waals surface area contributed by atoms with Crippen LogP contribution >= 0.6 is 0 Å². The van der Waals surface area contributed by atoms with E-state index in [1.165, 1.54) is 17.5 Å². The van der Waals surface area contributed by atoms with E-state index < -0.39 is 0 Å². The lowest BCUT2D eigenvalue weighted by atomic mass is 10.1. The average molecular weight is 290 g/mol. The molecule has 4 aromatic rings. The summed E-state index contributed by atoms with van der Waals surface area (Å²) in [6.45, 7) is 4.20. The number of aryl methyl sites for hydroxylation is 2. The maximum absolute atomic E-state index is 5.24. The molecule has 3 aromatic heterocycles. The lowest BCUT2D eigenvalue weighted by Crippen LogP contribution is -2.02. The van der Waals surface area contributed by atoms with Crippen LogP contribution in [0.4, 0.5) is 0 Å². The molecule has 0 aliphatic heterocycles. The van der Waals surface area contributed by atoms with Gasteiger partial charge < -0.3 is 4.42 Å². The van der Waals surface area contributed by atoms with Crippen molar-refractivity contribution in [3.8, 4) is 17.2 Å². The average Bonchev–Trinajstić information content (AvgIpc) is 3.15. The van der Waals surface area contributed by atoms with E-state index >= 15 is 0 Å². The van der Waals surface area contributed by atoms with Gasteiger partial charge in [0.1, 0.15) is 5.69 Å². The van der Waals surface area contributed by atoms with E-state index in [2.05, 4.69) is 51.6 Å². The number of para-hydroxylation sites is 1. The third kappa shape index (κ3) is 1.90. The monoisotopic (exact) mass is 290 g/mol. The molecule has 0 N–H and O–H groups in total. The highest BCUT2D eigenvalue weighted by Crippen LogP contribution is 2.25. The van der Waals surface area contributed by atoms with E-state index in [0.29, 0.717) is 11.2 Å². The number of aromatic nitrogens is 4.